The molecule has 0 bridgehead atoms. The Morgan fingerprint density at radius 3 is 2.76 bits per heavy atom. The summed E-state index contributed by atoms with van der Waals surface area (Å²) in [7, 11) is 0. The van der Waals surface area contributed by atoms with Gasteiger partial charge in [0.15, 0.2) is 10.7 Å². The van der Waals surface area contributed by atoms with Gasteiger partial charge in [-0.15, -0.1) is 0 Å². The van der Waals surface area contributed by atoms with E-state index in [2.05, 4.69) is 23.0 Å². The molecule has 0 spiro atoms. The molecule has 21 heavy (non-hydrogen) atoms. The van der Waals surface area contributed by atoms with Crippen molar-refractivity contribution in [1.82, 2.24) is 9.97 Å². The monoisotopic (exact) mass is 295 g/mol. The van der Waals surface area contributed by atoms with Crippen LogP contribution in [-0.4, -0.2) is 9.97 Å². The highest BCUT2D eigenvalue weighted by Gasteiger charge is 2.12. The number of nitrogen functional groups attached to an aromatic ring is 1. The van der Waals surface area contributed by atoms with Crippen LogP contribution >= 0.6 is 11.3 Å². The summed E-state index contributed by atoms with van der Waals surface area (Å²) in [5.74, 6) is 0.632. The molecule has 0 unspecified atom stereocenters. The number of anilines is 1. The third kappa shape index (κ3) is 1.97. The fourth-order valence-corrected chi connectivity index (χ4v) is 3.35. The van der Waals surface area contributed by atoms with Gasteiger partial charge in [-0.25, -0.2) is 9.97 Å². The number of hydrogen-bond donors (Lipinski definition) is 1. The van der Waals surface area contributed by atoms with Crippen molar-refractivity contribution in [3.8, 4) is 11.5 Å². The Balaban J connectivity index is 1.92. The molecule has 5 heteroatoms. The zero-order valence-electron chi connectivity index (χ0n) is 11.7. The standard InChI is InChI=1S/C16H13N3OS/c1-8-5-9(2)14-12(6-8)18-15(20-14)10-3-4-11-13(7-10)21-16(17)19-11/h3-7H,1-2H3,(H2,17,19). The SMILES string of the molecule is Cc1cc(C)c2oc(-c3ccc4nc(N)sc4c3)nc2c1. The summed E-state index contributed by atoms with van der Waals surface area (Å²) in [5, 5.41) is 0.575. The topological polar surface area (TPSA) is 64.9 Å². The Hall–Kier alpha value is -2.40. The number of benzene rings is 2. The molecule has 4 nitrogen and oxygen atoms in total. The number of fused-ring (bicyclic) bond motifs is 2. The molecule has 2 N–H and O–H groups in total. The van der Waals surface area contributed by atoms with E-state index in [4.69, 9.17) is 10.2 Å². The van der Waals surface area contributed by atoms with E-state index in [1.165, 1.54) is 16.9 Å². The van der Waals surface area contributed by atoms with Crippen molar-refractivity contribution >= 4 is 37.8 Å². The summed E-state index contributed by atoms with van der Waals surface area (Å²) in [6, 6.07) is 10.1. The number of aryl methyl sites for hydroxylation is 2. The number of oxazole rings is 1. The second kappa shape index (κ2) is 4.30. The quantitative estimate of drug-likeness (QED) is 0.568. The molecule has 0 saturated carbocycles. The van der Waals surface area contributed by atoms with Crippen molar-refractivity contribution in [1.29, 1.82) is 0 Å². The first-order valence-corrected chi connectivity index (χ1v) is 7.46. The fraction of sp³-hybridized carbons (Fsp3) is 0.125. The van der Waals surface area contributed by atoms with Crippen LogP contribution in [0, 0.1) is 13.8 Å². The van der Waals surface area contributed by atoms with Crippen LogP contribution < -0.4 is 5.73 Å². The fourth-order valence-electron chi connectivity index (χ4n) is 2.58. The van der Waals surface area contributed by atoms with Gasteiger partial charge in [0.2, 0.25) is 5.89 Å². The van der Waals surface area contributed by atoms with Crippen LogP contribution in [0.1, 0.15) is 11.1 Å². The lowest BCUT2D eigenvalue weighted by molar-refractivity contribution is 0.617. The first kappa shape index (κ1) is 12.3. The first-order chi connectivity index (χ1) is 10.1. The second-order valence-corrected chi connectivity index (χ2v) is 6.25. The largest absolute Gasteiger partial charge is 0.436 e. The molecule has 2 heterocycles. The van der Waals surface area contributed by atoms with E-state index in [0.717, 1.165) is 32.4 Å². The zero-order chi connectivity index (χ0) is 14.6. The third-order valence-electron chi connectivity index (χ3n) is 3.47. The van der Waals surface area contributed by atoms with E-state index in [-0.39, 0.29) is 0 Å². The van der Waals surface area contributed by atoms with E-state index in [9.17, 15) is 0 Å². The summed E-state index contributed by atoms with van der Waals surface area (Å²) in [6.45, 7) is 4.10. The highest BCUT2D eigenvalue weighted by Crippen LogP contribution is 2.31. The van der Waals surface area contributed by atoms with Crippen LogP contribution in [0.4, 0.5) is 5.13 Å². The van der Waals surface area contributed by atoms with Gasteiger partial charge in [0.1, 0.15) is 5.52 Å². The van der Waals surface area contributed by atoms with Crippen molar-refractivity contribution in [2.24, 2.45) is 0 Å². The summed E-state index contributed by atoms with van der Waals surface area (Å²) in [5.41, 5.74) is 11.6. The van der Waals surface area contributed by atoms with E-state index < -0.39 is 0 Å². The lowest BCUT2D eigenvalue weighted by Crippen LogP contribution is -1.79. The Bertz CT molecular complexity index is 984. The van der Waals surface area contributed by atoms with Crippen molar-refractivity contribution in [2.45, 2.75) is 13.8 Å². The maximum atomic E-state index is 5.94. The molecule has 0 aliphatic heterocycles. The molecule has 4 aromatic rings. The lowest BCUT2D eigenvalue weighted by Gasteiger charge is -1.95. The average molecular weight is 295 g/mol. The number of nitrogens with two attached hydrogens (primary N) is 1. The van der Waals surface area contributed by atoms with E-state index in [0.29, 0.717) is 11.0 Å². The van der Waals surface area contributed by atoms with Crippen molar-refractivity contribution in [3.63, 3.8) is 0 Å². The molecule has 104 valence electrons. The van der Waals surface area contributed by atoms with Gasteiger partial charge < -0.3 is 10.2 Å². The maximum absolute atomic E-state index is 5.94. The molecule has 0 amide bonds. The molecule has 0 atom stereocenters. The van der Waals surface area contributed by atoms with Crippen LogP contribution in [-0.2, 0) is 0 Å². The van der Waals surface area contributed by atoms with Gasteiger partial charge in [-0.05, 0) is 49.2 Å². The molecule has 0 radical (unpaired) electrons. The predicted octanol–water partition coefficient (Wildman–Crippen LogP) is 4.30. The molecule has 0 fully saturated rings. The molecule has 4 rings (SSSR count). The highest BCUT2D eigenvalue weighted by molar-refractivity contribution is 7.22. The number of nitrogens with zero attached hydrogens (tertiary/aromatic N) is 2. The number of rotatable bonds is 1. The van der Waals surface area contributed by atoms with Gasteiger partial charge in [0.05, 0.1) is 10.2 Å². The molecular weight excluding hydrogens is 282 g/mol. The average Bonchev–Trinajstić information content (AvgIpc) is 2.99. The van der Waals surface area contributed by atoms with Crippen molar-refractivity contribution in [2.75, 3.05) is 5.73 Å². The van der Waals surface area contributed by atoms with Crippen LogP contribution in [0.5, 0.6) is 0 Å². The van der Waals surface area contributed by atoms with Crippen LogP contribution in [0.3, 0.4) is 0 Å². The van der Waals surface area contributed by atoms with Gasteiger partial charge in [0.25, 0.3) is 0 Å². The van der Waals surface area contributed by atoms with Gasteiger partial charge in [-0.2, -0.15) is 0 Å². The first-order valence-electron chi connectivity index (χ1n) is 6.64. The van der Waals surface area contributed by atoms with E-state index >= 15 is 0 Å². The molecule has 2 aromatic carbocycles. The zero-order valence-corrected chi connectivity index (χ0v) is 12.5. The highest BCUT2D eigenvalue weighted by atomic mass is 32.1. The van der Waals surface area contributed by atoms with Gasteiger partial charge in [-0.1, -0.05) is 17.4 Å². The summed E-state index contributed by atoms with van der Waals surface area (Å²) in [4.78, 5) is 8.87. The second-order valence-electron chi connectivity index (χ2n) is 5.18. The third-order valence-corrected chi connectivity index (χ3v) is 4.32. The molecule has 2 aromatic heterocycles. The van der Waals surface area contributed by atoms with Crippen LogP contribution in [0.25, 0.3) is 32.8 Å². The van der Waals surface area contributed by atoms with Crippen molar-refractivity contribution in [3.05, 3.63) is 41.5 Å². The smallest absolute Gasteiger partial charge is 0.227 e. The molecular formula is C16H13N3OS. The minimum Gasteiger partial charge on any atom is -0.436 e. The summed E-state index contributed by atoms with van der Waals surface area (Å²) < 4.78 is 6.98. The maximum Gasteiger partial charge on any atom is 0.227 e. The van der Waals surface area contributed by atoms with Crippen LogP contribution in [0.2, 0.25) is 0 Å². The number of thiazole rings is 1. The Labute approximate surface area is 125 Å². The summed E-state index contributed by atoms with van der Waals surface area (Å²) in [6.07, 6.45) is 0. The number of hydrogen-bond acceptors (Lipinski definition) is 5. The van der Waals surface area contributed by atoms with Gasteiger partial charge in [-0.3, -0.25) is 0 Å². The molecule has 0 aliphatic rings. The number of aromatic nitrogens is 2. The lowest BCUT2D eigenvalue weighted by atomic mass is 10.1. The van der Waals surface area contributed by atoms with E-state index in [1.807, 2.05) is 31.2 Å². The van der Waals surface area contributed by atoms with E-state index in [1.54, 1.807) is 0 Å². The minimum atomic E-state index is 0.575. The molecule has 0 saturated heterocycles. The van der Waals surface area contributed by atoms with Crippen molar-refractivity contribution < 1.29 is 4.42 Å². The molecule has 0 aliphatic carbocycles. The Kier molecular flexibility index (Phi) is 2.53. The normalized spacial score (nSPS) is 11.5. The predicted molar refractivity (Wildman–Crippen MR) is 86.5 cm³/mol. The van der Waals surface area contributed by atoms with Crippen LogP contribution in [0.15, 0.2) is 34.7 Å². The van der Waals surface area contributed by atoms with Gasteiger partial charge in [0, 0.05) is 5.56 Å². The Morgan fingerprint density at radius 1 is 1.05 bits per heavy atom. The minimum absolute atomic E-state index is 0.575. The Morgan fingerprint density at radius 2 is 1.90 bits per heavy atom. The van der Waals surface area contributed by atoms with Gasteiger partial charge >= 0.3 is 0 Å². The summed E-state index contributed by atoms with van der Waals surface area (Å²) >= 11 is 1.47.